The van der Waals surface area contributed by atoms with E-state index in [0.29, 0.717) is 18.8 Å². The van der Waals surface area contributed by atoms with E-state index in [2.05, 4.69) is 4.52 Å². The number of hydrogen-bond acceptors (Lipinski definition) is 7. The summed E-state index contributed by atoms with van der Waals surface area (Å²) in [7, 11) is -5.37. The van der Waals surface area contributed by atoms with E-state index in [0.717, 1.165) is 25.3 Å². The lowest BCUT2D eigenvalue weighted by molar-refractivity contribution is -0.650. The number of halogens is 4. The Morgan fingerprint density at radius 3 is 2.35 bits per heavy atom. The second-order valence-corrected chi connectivity index (χ2v) is 10.9. The van der Waals surface area contributed by atoms with Gasteiger partial charge in [0, 0.05) is 10.4 Å². The quantitative estimate of drug-likeness (QED) is 0.361. The van der Waals surface area contributed by atoms with Crippen LogP contribution in [-0.2, 0) is 24.9 Å². The summed E-state index contributed by atoms with van der Waals surface area (Å²) in [5.74, 6) is -2.33. The topological polar surface area (TPSA) is 100 Å². The van der Waals surface area contributed by atoms with Crippen LogP contribution in [0.15, 0.2) is 24.3 Å². The fourth-order valence-electron chi connectivity index (χ4n) is 6.32. The van der Waals surface area contributed by atoms with Gasteiger partial charge in [-0.15, -0.1) is 11.6 Å². The minimum atomic E-state index is -5.37. The molecular formula is C19H19ClF3O7P-2. The maximum absolute atomic E-state index is 13.2. The summed E-state index contributed by atoms with van der Waals surface area (Å²) in [6.07, 6.45) is -1.24. The summed E-state index contributed by atoms with van der Waals surface area (Å²) in [5.41, 5.74) is -1.12. The molecule has 0 radical (unpaired) electrons. The number of hydrogen-bond donors (Lipinski definition) is 0. The average Bonchev–Trinajstić information content (AvgIpc) is 2.57. The Morgan fingerprint density at radius 1 is 1.16 bits per heavy atom. The Morgan fingerprint density at radius 2 is 1.84 bits per heavy atom. The third-order valence-electron chi connectivity index (χ3n) is 7.01. The van der Waals surface area contributed by atoms with Crippen molar-refractivity contribution in [1.29, 1.82) is 0 Å². The summed E-state index contributed by atoms with van der Waals surface area (Å²) < 4.78 is 60.3. The highest BCUT2D eigenvalue weighted by Crippen LogP contribution is 2.71. The summed E-state index contributed by atoms with van der Waals surface area (Å²) in [4.78, 5) is 32.6. The lowest BCUT2D eigenvalue weighted by atomic mass is 9.46. The molecule has 1 spiro atoms. The second-order valence-electron chi connectivity index (χ2n) is 9.04. The Hall–Kier alpha value is -0.870. The Labute approximate surface area is 180 Å². The highest BCUT2D eigenvalue weighted by Gasteiger charge is 2.78. The summed E-state index contributed by atoms with van der Waals surface area (Å²) in [6, 6.07) is 5.15. The van der Waals surface area contributed by atoms with Crippen LogP contribution in [0.5, 0.6) is 5.75 Å². The predicted octanol–water partition coefficient (Wildman–Crippen LogP) is 3.14. The molecule has 3 unspecified atom stereocenters. The smallest absolute Gasteiger partial charge is 0.411 e. The normalized spacial score (nSPS) is 41.4. The molecule has 1 heterocycles. The van der Waals surface area contributed by atoms with Gasteiger partial charge in [-0.25, -0.2) is 4.89 Å². The Balaban J connectivity index is 1.57. The lowest BCUT2D eigenvalue weighted by Crippen LogP contribution is -2.78. The fourth-order valence-corrected chi connectivity index (χ4v) is 7.29. The van der Waals surface area contributed by atoms with Gasteiger partial charge < -0.3 is 23.6 Å². The van der Waals surface area contributed by atoms with E-state index in [9.17, 15) is 27.5 Å². The van der Waals surface area contributed by atoms with E-state index >= 15 is 0 Å². The zero-order chi connectivity index (χ0) is 22.3. The van der Waals surface area contributed by atoms with Crippen molar-refractivity contribution >= 4 is 19.4 Å². The Bertz CT molecular complexity index is 921. The minimum absolute atomic E-state index is 0.0880. The van der Waals surface area contributed by atoms with Crippen molar-refractivity contribution < 1.29 is 46.6 Å². The van der Waals surface area contributed by atoms with Crippen molar-refractivity contribution in [3.05, 3.63) is 29.8 Å². The van der Waals surface area contributed by atoms with Crippen LogP contribution in [0.1, 0.15) is 37.7 Å². The SMILES string of the molecule is O=P([O-])([O-])Oc1cccc(C2(OCC(F)(F)F)OOC23C2CC4CC3CC(Cl)(C4)C2)c1. The van der Waals surface area contributed by atoms with Gasteiger partial charge in [0.1, 0.15) is 20.2 Å². The van der Waals surface area contributed by atoms with Crippen molar-refractivity contribution in [1.82, 2.24) is 0 Å². The molecule has 7 nitrogen and oxygen atoms in total. The maximum Gasteiger partial charge on any atom is 0.411 e. The molecule has 4 bridgehead atoms. The largest absolute Gasteiger partial charge is 0.780 e. The van der Waals surface area contributed by atoms with E-state index in [1.807, 2.05) is 0 Å². The summed E-state index contributed by atoms with van der Waals surface area (Å²) >= 11 is 6.79. The van der Waals surface area contributed by atoms with Crippen molar-refractivity contribution in [2.45, 2.75) is 54.5 Å². The van der Waals surface area contributed by atoms with Gasteiger partial charge in [-0.05, 0) is 62.0 Å². The van der Waals surface area contributed by atoms with Gasteiger partial charge in [0.25, 0.3) is 5.79 Å². The van der Waals surface area contributed by atoms with E-state index in [1.165, 1.54) is 18.2 Å². The second kappa shape index (κ2) is 6.82. The molecule has 3 atom stereocenters. The summed E-state index contributed by atoms with van der Waals surface area (Å²) in [6.45, 7) is -1.60. The predicted molar refractivity (Wildman–Crippen MR) is 95.4 cm³/mol. The first-order valence-corrected chi connectivity index (χ1v) is 11.8. The van der Waals surface area contributed by atoms with E-state index < -0.39 is 36.9 Å². The van der Waals surface area contributed by atoms with Crippen LogP contribution in [0.2, 0.25) is 0 Å². The molecule has 0 N–H and O–H groups in total. The molecule has 1 aliphatic heterocycles. The van der Waals surface area contributed by atoms with Crippen LogP contribution in [-0.4, -0.2) is 23.3 Å². The van der Waals surface area contributed by atoms with Gasteiger partial charge in [-0.2, -0.15) is 18.1 Å². The first kappa shape index (κ1) is 21.9. The van der Waals surface area contributed by atoms with Crippen LogP contribution in [0.3, 0.4) is 0 Å². The zero-order valence-electron chi connectivity index (χ0n) is 16.1. The molecule has 172 valence electrons. The molecular weight excluding hydrogens is 464 g/mol. The van der Waals surface area contributed by atoms with Crippen LogP contribution in [0, 0.1) is 17.8 Å². The molecule has 6 rings (SSSR count). The lowest BCUT2D eigenvalue weighted by Gasteiger charge is -2.70. The van der Waals surface area contributed by atoms with E-state index in [1.54, 1.807) is 0 Å². The van der Waals surface area contributed by atoms with Crippen molar-refractivity contribution in [3.63, 3.8) is 0 Å². The Kier molecular flexibility index (Phi) is 4.83. The van der Waals surface area contributed by atoms with Crippen LogP contribution >= 0.6 is 19.4 Å². The third kappa shape index (κ3) is 3.51. The van der Waals surface area contributed by atoms with Gasteiger partial charge >= 0.3 is 6.18 Å². The molecule has 1 aromatic carbocycles. The first-order chi connectivity index (χ1) is 14.3. The molecule has 0 amide bonds. The highest BCUT2D eigenvalue weighted by molar-refractivity contribution is 7.43. The summed E-state index contributed by atoms with van der Waals surface area (Å²) in [5, 5.41) is 0. The fraction of sp³-hybridized carbons (Fsp3) is 0.684. The molecule has 5 aliphatic rings. The monoisotopic (exact) mass is 482 g/mol. The minimum Gasteiger partial charge on any atom is -0.780 e. The van der Waals surface area contributed by atoms with Crippen molar-refractivity contribution in [2.24, 2.45) is 17.8 Å². The average molecular weight is 483 g/mol. The molecule has 12 heteroatoms. The molecule has 31 heavy (non-hydrogen) atoms. The van der Waals surface area contributed by atoms with Gasteiger partial charge in [-0.1, -0.05) is 12.1 Å². The van der Waals surface area contributed by atoms with Crippen molar-refractivity contribution in [2.75, 3.05) is 6.61 Å². The van der Waals surface area contributed by atoms with Crippen LogP contribution in [0.4, 0.5) is 13.2 Å². The van der Waals surface area contributed by atoms with Crippen molar-refractivity contribution in [3.8, 4) is 5.75 Å². The van der Waals surface area contributed by atoms with E-state index in [4.69, 9.17) is 26.1 Å². The number of phosphoric acid groups is 1. The number of phosphoric ester groups is 1. The van der Waals surface area contributed by atoms with Gasteiger partial charge in [0.15, 0.2) is 5.60 Å². The third-order valence-corrected chi connectivity index (χ3v) is 7.91. The molecule has 1 saturated heterocycles. The molecule has 1 aromatic rings. The molecule has 4 saturated carbocycles. The molecule has 0 aromatic heterocycles. The molecule has 4 aliphatic carbocycles. The zero-order valence-corrected chi connectivity index (χ0v) is 17.8. The number of benzene rings is 1. The first-order valence-electron chi connectivity index (χ1n) is 9.93. The van der Waals surface area contributed by atoms with Gasteiger partial charge in [0.2, 0.25) is 0 Å². The molecule has 5 fully saturated rings. The number of ether oxygens (including phenoxy) is 1. The van der Waals surface area contributed by atoms with Crippen LogP contribution < -0.4 is 14.3 Å². The standard InChI is InChI=1S/C19H21ClF3O7P/c20-16-7-11-4-13(8-16)18(14(5-11)9-16)19(30-29-18,27-10-17(21,22)23)12-2-1-3-15(6-12)28-31(24,25)26/h1-3,6,11,13-14H,4-5,7-10H2,(H2,24,25,26)/p-2. The van der Waals surface area contributed by atoms with E-state index in [-0.39, 0.29) is 23.1 Å². The van der Waals surface area contributed by atoms with Gasteiger partial charge in [-0.3, -0.25) is 0 Å². The maximum atomic E-state index is 13.2. The number of rotatable bonds is 5. The number of alkyl halides is 4. The van der Waals surface area contributed by atoms with Crippen LogP contribution in [0.25, 0.3) is 0 Å². The highest BCUT2D eigenvalue weighted by atomic mass is 35.5. The van der Waals surface area contributed by atoms with Gasteiger partial charge in [0.05, 0.1) is 0 Å².